The summed E-state index contributed by atoms with van der Waals surface area (Å²) >= 11 is 5.24. The van der Waals surface area contributed by atoms with Gasteiger partial charge in [0.25, 0.3) is 0 Å². The summed E-state index contributed by atoms with van der Waals surface area (Å²) in [6.45, 7) is 3.91. The first-order valence-corrected chi connectivity index (χ1v) is 6.12. The van der Waals surface area contributed by atoms with Crippen LogP contribution in [0.3, 0.4) is 0 Å². The van der Waals surface area contributed by atoms with Gasteiger partial charge in [-0.2, -0.15) is 0 Å². The van der Waals surface area contributed by atoms with Crippen LogP contribution in [0.1, 0.15) is 19.3 Å². The number of halogens is 1. The Morgan fingerprint density at radius 2 is 1.94 bits per heavy atom. The number of nitrogens with one attached hydrogen (secondary N) is 2. The Morgan fingerprint density at radius 1 is 1.25 bits per heavy atom. The van der Waals surface area contributed by atoms with Crippen molar-refractivity contribution in [2.24, 2.45) is 0 Å². The van der Waals surface area contributed by atoms with Crippen molar-refractivity contribution in [2.75, 3.05) is 32.1 Å². The molecular weight excluding hydrogens is 230 g/mol. The summed E-state index contributed by atoms with van der Waals surface area (Å²) in [5.41, 5.74) is 0. The molecule has 3 amide bonds. The van der Waals surface area contributed by atoms with E-state index >= 15 is 0 Å². The lowest BCUT2D eigenvalue weighted by Gasteiger charge is -2.14. The minimum atomic E-state index is -0.473. The summed E-state index contributed by atoms with van der Waals surface area (Å²) in [5, 5.41) is 4.74. The van der Waals surface area contributed by atoms with Crippen LogP contribution in [0.5, 0.6) is 0 Å². The van der Waals surface area contributed by atoms with Gasteiger partial charge in [-0.1, -0.05) is 0 Å². The lowest BCUT2D eigenvalue weighted by atomic mass is 10.4. The van der Waals surface area contributed by atoms with Gasteiger partial charge < -0.3 is 10.2 Å². The molecule has 1 saturated heterocycles. The zero-order valence-corrected chi connectivity index (χ0v) is 10.1. The second-order valence-corrected chi connectivity index (χ2v) is 4.11. The Kier molecular flexibility index (Phi) is 6.18. The average molecular weight is 248 g/mol. The maximum Gasteiger partial charge on any atom is 0.321 e. The van der Waals surface area contributed by atoms with Crippen molar-refractivity contribution in [2.45, 2.75) is 19.3 Å². The predicted octanol–water partition coefficient (Wildman–Crippen LogP) is 0.537. The van der Waals surface area contributed by atoms with Crippen LogP contribution in [0.2, 0.25) is 0 Å². The van der Waals surface area contributed by atoms with Crippen molar-refractivity contribution in [3.63, 3.8) is 0 Å². The Morgan fingerprint density at radius 3 is 2.56 bits per heavy atom. The topological polar surface area (TPSA) is 61.4 Å². The van der Waals surface area contributed by atoms with Gasteiger partial charge in [0.2, 0.25) is 5.91 Å². The molecule has 16 heavy (non-hydrogen) atoms. The molecule has 0 radical (unpaired) electrons. The van der Waals surface area contributed by atoms with Gasteiger partial charge in [0.05, 0.1) is 0 Å². The van der Waals surface area contributed by atoms with E-state index in [1.807, 2.05) is 0 Å². The number of amides is 3. The minimum absolute atomic E-state index is 0.193. The maximum absolute atomic E-state index is 11.1. The lowest BCUT2D eigenvalue weighted by Crippen LogP contribution is -2.41. The number of hydrogen-bond acceptors (Lipinski definition) is 3. The zero-order valence-electron chi connectivity index (χ0n) is 9.30. The van der Waals surface area contributed by atoms with E-state index in [1.165, 1.54) is 12.8 Å². The Balaban J connectivity index is 1.97. The molecule has 0 bridgehead atoms. The molecule has 0 aromatic rings. The molecule has 0 aromatic heterocycles. The highest BCUT2D eigenvalue weighted by molar-refractivity contribution is 6.28. The minimum Gasteiger partial charge on any atom is -0.338 e. The van der Waals surface area contributed by atoms with E-state index in [0.29, 0.717) is 6.54 Å². The molecule has 1 rings (SSSR count). The Hall–Kier alpha value is -0.810. The van der Waals surface area contributed by atoms with E-state index in [0.717, 1.165) is 26.1 Å². The second-order valence-electron chi connectivity index (χ2n) is 3.84. The van der Waals surface area contributed by atoms with Crippen LogP contribution in [0.4, 0.5) is 4.79 Å². The fourth-order valence-electron chi connectivity index (χ4n) is 1.72. The van der Waals surface area contributed by atoms with Gasteiger partial charge in [0.15, 0.2) is 0 Å². The standard InChI is InChI=1S/C10H18ClN3O2/c11-8-9(15)13-10(16)12-4-3-7-14-5-1-2-6-14/h1-8H2,(H2,12,13,15,16). The van der Waals surface area contributed by atoms with Crippen molar-refractivity contribution < 1.29 is 9.59 Å². The van der Waals surface area contributed by atoms with Crippen LogP contribution >= 0.6 is 11.6 Å². The fraction of sp³-hybridized carbons (Fsp3) is 0.800. The second kappa shape index (κ2) is 7.46. The molecule has 1 aliphatic heterocycles. The zero-order chi connectivity index (χ0) is 11.8. The molecule has 2 N–H and O–H groups in total. The largest absolute Gasteiger partial charge is 0.338 e. The highest BCUT2D eigenvalue weighted by Gasteiger charge is 2.10. The van der Waals surface area contributed by atoms with Crippen LogP contribution in [0.15, 0.2) is 0 Å². The average Bonchev–Trinajstić information content (AvgIpc) is 2.77. The first-order valence-electron chi connectivity index (χ1n) is 5.58. The number of rotatable bonds is 5. The highest BCUT2D eigenvalue weighted by Crippen LogP contribution is 2.06. The third-order valence-electron chi connectivity index (χ3n) is 2.51. The molecule has 1 fully saturated rings. The van der Waals surface area contributed by atoms with Crippen LogP contribution in [0, 0.1) is 0 Å². The number of likely N-dealkylation sites (tertiary alicyclic amines) is 1. The molecule has 6 heteroatoms. The van der Waals surface area contributed by atoms with Gasteiger partial charge >= 0.3 is 6.03 Å². The third kappa shape index (κ3) is 5.32. The van der Waals surface area contributed by atoms with Crippen molar-refractivity contribution >= 4 is 23.5 Å². The summed E-state index contributed by atoms with van der Waals surface area (Å²) in [6.07, 6.45) is 3.46. The van der Waals surface area contributed by atoms with Crippen LogP contribution in [-0.2, 0) is 4.79 Å². The van der Waals surface area contributed by atoms with Gasteiger partial charge in [0.1, 0.15) is 5.88 Å². The number of carbonyl (C=O) groups excluding carboxylic acids is 2. The van der Waals surface area contributed by atoms with E-state index in [2.05, 4.69) is 15.5 Å². The maximum atomic E-state index is 11.1. The number of urea groups is 1. The number of hydrogen-bond donors (Lipinski definition) is 2. The summed E-state index contributed by atoms with van der Waals surface area (Å²) < 4.78 is 0. The molecule has 5 nitrogen and oxygen atoms in total. The SMILES string of the molecule is O=C(CCl)NC(=O)NCCCN1CCCC1. The predicted molar refractivity (Wildman–Crippen MR) is 62.6 cm³/mol. The van der Waals surface area contributed by atoms with E-state index in [9.17, 15) is 9.59 Å². The van der Waals surface area contributed by atoms with Crippen LogP contribution in [-0.4, -0.2) is 48.9 Å². The number of carbonyl (C=O) groups is 2. The van der Waals surface area contributed by atoms with E-state index < -0.39 is 11.9 Å². The summed E-state index contributed by atoms with van der Waals surface area (Å²) in [6, 6.07) is -0.466. The molecule has 0 unspecified atom stereocenters. The van der Waals surface area contributed by atoms with E-state index in [-0.39, 0.29) is 5.88 Å². The summed E-state index contributed by atoms with van der Waals surface area (Å²) in [4.78, 5) is 24.2. The molecule has 92 valence electrons. The number of imide groups is 1. The van der Waals surface area contributed by atoms with Crippen molar-refractivity contribution in [1.29, 1.82) is 0 Å². The van der Waals surface area contributed by atoms with Gasteiger partial charge in [-0.15, -0.1) is 11.6 Å². The molecule has 1 heterocycles. The molecule has 0 aliphatic carbocycles. The van der Waals surface area contributed by atoms with Gasteiger partial charge in [-0.3, -0.25) is 10.1 Å². The number of nitrogens with zero attached hydrogens (tertiary/aromatic N) is 1. The monoisotopic (exact) mass is 247 g/mol. The number of alkyl halides is 1. The van der Waals surface area contributed by atoms with Crippen LogP contribution in [0.25, 0.3) is 0 Å². The first-order chi connectivity index (χ1) is 7.72. The van der Waals surface area contributed by atoms with Crippen molar-refractivity contribution in [3.05, 3.63) is 0 Å². The lowest BCUT2D eigenvalue weighted by molar-refractivity contribution is -0.117. The van der Waals surface area contributed by atoms with Gasteiger partial charge in [-0.25, -0.2) is 4.79 Å². The molecular formula is C10H18ClN3O2. The third-order valence-corrected chi connectivity index (χ3v) is 2.75. The van der Waals surface area contributed by atoms with E-state index in [4.69, 9.17) is 11.6 Å². The fourth-order valence-corrected chi connectivity index (χ4v) is 1.78. The van der Waals surface area contributed by atoms with Crippen LogP contribution < -0.4 is 10.6 Å². The molecule has 0 atom stereocenters. The highest BCUT2D eigenvalue weighted by atomic mass is 35.5. The van der Waals surface area contributed by atoms with Crippen molar-refractivity contribution in [1.82, 2.24) is 15.5 Å². The van der Waals surface area contributed by atoms with Crippen molar-refractivity contribution in [3.8, 4) is 0 Å². The molecule has 1 aliphatic rings. The molecule has 0 saturated carbocycles. The summed E-state index contributed by atoms with van der Waals surface area (Å²) in [7, 11) is 0. The van der Waals surface area contributed by atoms with E-state index in [1.54, 1.807) is 0 Å². The Bertz CT molecular complexity index is 242. The molecule has 0 spiro atoms. The molecule has 0 aromatic carbocycles. The Labute approximate surface area is 101 Å². The van der Waals surface area contributed by atoms with Gasteiger partial charge in [0, 0.05) is 6.54 Å². The summed E-state index contributed by atoms with van der Waals surface area (Å²) in [5.74, 6) is -0.667. The van der Waals surface area contributed by atoms with Gasteiger partial charge in [-0.05, 0) is 38.9 Å². The normalized spacial score (nSPS) is 16.1. The first kappa shape index (κ1) is 13.3. The quantitative estimate of drug-likeness (QED) is 0.551. The smallest absolute Gasteiger partial charge is 0.321 e.